The molecule has 2 aliphatic heterocycles. The number of amides is 3. The number of carbonyl (C=O) groups excluding carboxylic acids is 2. The molecule has 0 atom stereocenters. The van der Waals surface area contributed by atoms with E-state index in [1.165, 1.54) is 12.1 Å². The lowest BCUT2D eigenvalue weighted by atomic mass is 9.99. The number of benzene rings is 1. The van der Waals surface area contributed by atoms with Gasteiger partial charge in [0.1, 0.15) is 12.4 Å². The highest BCUT2D eigenvalue weighted by Crippen LogP contribution is 2.18. The standard InChI is InChI=1S/C18H24FN3O2/c1-14-6-8-20(9-7-14)17(23)13-22-11-10-21(18(22)24)12-15-2-4-16(19)5-3-15/h2-5,14H,6-13H2,1H3. The molecule has 5 nitrogen and oxygen atoms in total. The minimum absolute atomic E-state index is 0.0406. The Kier molecular flexibility index (Phi) is 5.02. The number of hydrogen-bond donors (Lipinski definition) is 0. The summed E-state index contributed by atoms with van der Waals surface area (Å²) in [6.45, 7) is 5.57. The van der Waals surface area contributed by atoms with Gasteiger partial charge >= 0.3 is 6.03 Å². The minimum Gasteiger partial charge on any atom is -0.341 e. The van der Waals surface area contributed by atoms with Crippen LogP contribution in [0.3, 0.4) is 0 Å². The van der Waals surface area contributed by atoms with Gasteiger partial charge in [-0.15, -0.1) is 0 Å². The molecule has 0 aliphatic carbocycles. The lowest BCUT2D eigenvalue weighted by Gasteiger charge is -2.31. The number of carbonyl (C=O) groups is 2. The first kappa shape index (κ1) is 16.7. The number of likely N-dealkylation sites (tertiary alicyclic amines) is 1. The van der Waals surface area contributed by atoms with Crippen LogP contribution >= 0.6 is 0 Å². The number of urea groups is 1. The molecule has 0 aromatic heterocycles. The van der Waals surface area contributed by atoms with Gasteiger partial charge in [-0.2, -0.15) is 0 Å². The molecule has 6 heteroatoms. The molecule has 2 heterocycles. The Morgan fingerprint density at radius 2 is 1.71 bits per heavy atom. The van der Waals surface area contributed by atoms with E-state index in [2.05, 4.69) is 6.92 Å². The number of halogens is 1. The molecule has 2 aliphatic rings. The fourth-order valence-electron chi connectivity index (χ4n) is 3.26. The van der Waals surface area contributed by atoms with Crippen molar-refractivity contribution in [2.45, 2.75) is 26.3 Å². The molecular weight excluding hydrogens is 309 g/mol. The van der Waals surface area contributed by atoms with Gasteiger partial charge in [-0.1, -0.05) is 19.1 Å². The van der Waals surface area contributed by atoms with Crippen LogP contribution in [-0.4, -0.2) is 59.4 Å². The van der Waals surface area contributed by atoms with Gasteiger partial charge in [-0.05, 0) is 36.5 Å². The Labute approximate surface area is 142 Å². The normalized spacial score (nSPS) is 19.2. The highest BCUT2D eigenvalue weighted by atomic mass is 19.1. The third-order valence-electron chi connectivity index (χ3n) is 4.93. The van der Waals surface area contributed by atoms with Gasteiger partial charge in [0.2, 0.25) is 5.91 Å². The number of rotatable bonds is 4. The van der Waals surface area contributed by atoms with E-state index < -0.39 is 0 Å². The topological polar surface area (TPSA) is 43.9 Å². The van der Waals surface area contributed by atoms with E-state index in [1.54, 1.807) is 21.9 Å². The van der Waals surface area contributed by atoms with Gasteiger partial charge in [0.15, 0.2) is 0 Å². The number of piperidine rings is 1. The predicted molar refractivity (Wildman–Crippen MR) is 88.8 cm³/mol. The number of hydrogen-bond acceptors (Lipinski definition) is 2. The highest BCUT2D eigenvalue weighted by molar-refractivity contribution is 5.85. The predicted octanol–water partition coefficient (Wildman–Crippen LogP) is 2.32. The van der Waals surface area contributed by atoms with Gasteiger partial charge in [-0.25, -0.2) is 9.18 Å². The molecule has 0 saturated carbocycles. The fraction of sp³-hybridized carbons (Fsp3) is 0.556. The summed E-state index contributed by atoms with van der Waals surface area (Å²) < 4.78 is 13.0. The zero-order valence-corrected chi connectivity index (χ0v) is 14.1. The van der Waals surface area contributed by atoms with Crippen molar-refractivity contribution in [3.05, 3.63) is 35.6 Å². The Morgan fingerprint density at radius 1 is 1.08 bits per heavy atom. The zero-order chi connectivity index (χ0) is 17.1. The molecule has 130 valence electrons. The van der Waals surface area contributed by atoms with E-state index in [1.807, 2.05) is 4.90 Å². The van der Waals surface area contributed by atoms with Gasteiger partial charge in [0.25, 0.3) is 0 Å². The van der Waals surface area contributed by atoms with Gasteiger partial charge in [0.05, 0.1) is 0 Å². The lowest BCUT2D eigenvalue weighted by molar-refractivity contribution is -0.133. The smallest absolute Gasteiger partial charge is 0.320 e. The summed E-state index contributed by atoms with van der Waals surface area (Å²) in [6.07, 6.45) is 2.08. The summed E-state index contributed by atoms with van der Waals surface area (Å²) in [5.74, 6) is 0.433. The third kappa shape index (κ3) is 3.86. The first-order valence-electron chi connectivity index (χ1n) is 8.59. The Hall–Kier alpha value is -2.11. The van der Waals surface area contributed by atoms with Crippen LogP contribution in [0.4, 0.5) is 9.18 Å². The fourth-order valence-corrected chi connectivity index (χ4v) is 3.26. The van der Waals surface area contributed by atoms with Crippen molar-refractivity contribution >= 4 is 11.9 Å². The van der Waals surface area contributed by atoms with Crippen molar-refractivity contribution in [2.75, 3.05) is 32.7 Å². The molecular formula is C18H24FN3O2. The maximum absolute atomic E-state index is 13.0. The summed E-state index contributed by atoms with van der Waals surface area (Å²) in [7, 11) is 0. The second-order valence-electron chi connectivity index (χ2n) is 6.82. The molecule has 1 aromatic rings. The highest BCUT2D eigenvalue weighted by Gasteiger charge is 2.31. The molecule has 2 saturated heterocycles. The lowest BCUT2D eigenvalue weighted by Crippen LogP contribution is -2.45. The maximum Gasteiger partial charge on any atom is 0.320 e. The van der Waals surface area contributed by atoms with Gasteiger partial charge in [0, 0.05) is 32.7 Å². The average Bonchev–Trinajstić information content (AvgIpc) is 2.91. The van der Waals surface area contributed by atoms with Crippen LogP contribution in [0.2, 0.25) is 0 Å². The van der Waals surface area contributed by atoms with E-state index in [9.17, 15) is 14.0 Å². The van der Waals surface area contributed by atoms with E-state index in [-0.39, 0.29) is 24.3 Å². The van der Waals surface area contributed by atoms with E-state index >= 15 is 0 Å². The maximum atomic E-state index is 13.0. The first-order chi connectivity index (χ1) is 11.5. The zero-order valence-electron chi connectivity index (χ0n) is 14.1. The van der Waals surface area contributed by atoms with Crippen LogP contribution in [0.5, 0.6) is 0 Å². The molecule has 0 bridgehead atoms. The largest absolute Gasteiger partial charge is 0.341 e. The molecule has 2 fully saturated rings. The van der Waals surface area contributed by atoms with Crippen molar-refractivity contribution in [2.24, 2.45) is 5.92 Å². The molecule has 1 aromatic carbocycles. The second kappa shape index (κ2) is 7.20. The molecule has 0 unspecified atom stereocenters. The van der Waals surface area contributed by atoms with Crippen LogP contribution < -0.4 is 0 Å². The van der Waals surface area contributed by atoms with Crippen molar-refractivity contribution in [1.29, 1.82) is 0 Å². The molecule has 0 N–H and O–H groups in total. The van der Waals surface area contributed by atoms with Crippen molar-refractivity contribution in [3.8, 4) is 0 Å². The summed E-state index contributed by atoms with van der Waals surface area (Å²) in [5, 5.41) is 0. The SMILES string of the molecule is CC1CCN(C(=O)CN2CCN(Cc3ccc(F)cc3)C2=O)CC1. The van der Waals surface area contributed by atoms with E-state index in [0.717, 1.165) is 31.5 Å². The van der Waals surface area contributed by atoms with Crippen molar-refractivity contribution < 1.29 is 14.0 Å². The minimum atomic E-state index is -0.283. The Morgan fingerprint density at radius 3 is 2.38 bits per heavy atom. The summed E-state index contributed by atoms with van der Waals surface area (Å²) in [5.41, 5.74) is 0.892. The van der Waals surface area contributed by atoms with E-state index in [0.29, 0.717) is 25.6 Å². The number of nitrogens with zero attached hydrogens (tertiary/aromatic N) is 3. The monoisotopic (exact) mass is 333 g/mol. The summed E-state index contributed by atoms with van der Waals surface area (Å²) in [4.78, 5) is 30.0. The average molecular weight is 333 g/mol. The molecule has 0 spiro atoms. The van der Waals surface area contributed by atoms with Gasteiger partial charge < -0.3 is 14.7 Å². The molecule has 3 rings (SSSR count). The summed E-state index contributed by atoms with van der Waals surface area (Å²) >= 11 is 0. The van der Waals surface area contributed by atoms with E-state index in [4.69, 9.17) is 0 Å². The van der Waals surface area contributed by atoms with Gasteiger partial charge in [-0.3, -0.25) is 4.79 Å². The second-order valence-corrected chi connectivity index (χ2v) is 6.82. The van der Waals surface area contributed by atoms with Crippen LogP contribution in [0.1, 0.15) is 25.3 Å². The quantitative estimate of drug-likeness (QED) is 0.849. The van der Waals surface area contributed by atoms with Crippen molar-refractivity contribution in [3.63, 3.8) is 0 Å². The first-order valence-corrected chi connectivity index (χ1v) is 8.59. The van der Waals surface area contributed by atoms with Crippen LogP contribution in [0.25, 0.3) is 0 Å². The van der Waals surface area contributed by atoms with Crippen molar-refractivity contribution in [1.82, 2.24) is 14.7 Å². The molecule has 3 amide bonds. The van der Waals surface area contributed by atoms with Crippen LogP contribution in [-0.2, 0) is 11.3 Å². The van der Waals surface area contributed by atoms with Crippen LogP contribution in [0.15, 0.2) is 24.3 Å². The van der Waals surface area contributed by atoms with Crippen LogP contribution in [0, 0.1) is 11.7 Å². The summed E-state index contributed by atoms with van der Waals surface area (Å²) in [6, 6.07) is 6.05. The molecule has 24 heavy (non-hydrogen) atoms. The molecule has 0 radical (unpaired) electrons. The Balaban J connectivity index is 1.52. The third-order valence-corrected chi connectivity index (χ3v) is 4.93. The Bertz CT molecular complexity index is 597.